The standard InChI is InChI=1S/C19H26Cl2N4OS/c1-3-5-6-7-8-9-17-23-24-19(25(17)4-2)27-13-18(26)22-14-10-11-15(20)16(21)12-14/h10-12H,3-9,13H2,1-2H3,(H,22,26). The molecule has 5 nitrogen and oxygen atoms in total. The number of hydrogen-bond donors (Lipinski definition) is 1. The van der Waals surface area contributed by atoms with Crippen LogP contribution in [0.1, 0.15) is 51.8 Å². The van der Waals surface area contributed by atoms with Gasteiger partial charge in [-0.3, -0.25) is 4.79 Å². The van der Waals surface area contributed by atoms with Crippen molar-refractivity contribution in [2.24, 2.45) is 0 Å². The molecule has 0 saturated carbocycles. The maximum absolute atomic E-state index is 12.2. The van der Waals surface area contributed by atoms with Crippen molar-refractivity contribution in [2.75, 3.05) is 11.1 Å². The van der Waals surface area contributed by atoms with Crippen LogP contribution in [-0.2, 0) is 17.8 Å². The van der Waals surface area contributed by atoms with E-state index < -0.39 is 0 Å². The summed E-state index contributed by atoms with van der Waals surface area (Å²) >= 11 is 13.3. The van der Waals surface area contributed by atoms with Crippen molar-refractivity contribution in [1.29, 1.82) is 0 Å². The number of aryl methyl sites for hydroxylation is 1. The number of thioether (sulfide) groups is 1. The van der Waals surface area contributed by atoms with Crippen LogP contribution in [0.4, 0.5) is 5.69 Å². The van der Waals surface area contributed by atoms with Crippen LogP contribution >= 0.6 is 35.0 Å². The Bertz CT molecular complexity index is 751. The summed E-state index contributed by atoms with van der Waals surface area (Å²) in [6, 6.07) is 5.02. The van der Waals surface area contributed by atoms with Crippen LogP contribution in [0, 0.1) is 0 Å². The van der Waals surface area contributed by atoms with Crippen LogP contribution in [-0.4, -0.2) is 26.4 Å². The van der Waals surface area contributed by atoms with Crippen LogP contribution in [0.5, 0.6) is 0 Å². The molecule has 8 heteroatoms. The van der Waals surface area contributed by atoms with E-state index in [1.54, 1.807) is 18.2 Å². The van der Waals surface area contributed by atoms with Gasteiger partial charge in [-0.05, 0) is 31.5 Å². The van der Waals surface area contributed by atoms with E-state index in [-0.39, 0.29) is 11.7 Å². The fourth-order valence-corrected chi connectivity index (χ4v) is 3.84. The molecule has 0 saturated heterocycles. The highest BCUT2D eigenvalue weighted by molar-refractivity contribution is 7.99. The lowest BCUT2D eigenvalue weighted by Gasteiger charge is -2.08. The highest BCUT2D eigenvalue weighted by Crippen LogP contribution is 2.25. The van der Waals surface area contributed by atoms with Crippen molar-refractivity contribution in [3.63, 3.8) is 0 Å². The van der Waals surface area contributed by atoms with E-state index >= 15 is 0 Å². The SMILES string of the molecule is CCCCCCCc1nnc(SCC(=O)Nc2ccc(Cl)c(Cl)c2)n1CC. The largest absolute Gasteiger partial charge is 0.325 e. The summed E-state index contributed by atoms with van der Waals surface area (Å²) in [6.45, 7) is 5.09. The third-order valence-electron chi connectivity index (χ3n) is 4.15. The van der Waals surface area contributed by atoms with Gasteiger partial charge < -0.3 is 9.88 Å². The molecule has 0 atom stereocenters. The molecular weight excluding hydrogens is 403 g/mol. The van der Waals surface area contributed by atoms with E-state index in [4.69, 9.17) is 23.2 Å². The molecule has 1 amide bonds. The number of hydrogen-bond acceptors (Lipinski definition) is 4. The zero-order valence-corrected chi connectivity index (χ0v) is 18.1. The zero-order chi connectivity index (χ0) is 19.6. The van der Waals surface area contributed by atoms with Crippen molar-refractivity contribution >= 4 is 46.6 Å². The van der Waals surface area contributed by atoms with Gasteiger partial charge in [-0.1, -0.05) is 67.6 Å². The second kappa shape index (κ2) is 11.6. The first kappa shape index (κ1) is 22.1. The van der Waals surface area contributed by atoms with Crippen molar-refractivity contribution in [3.05, 3.63) is 34.1 Å². The molecule has 0 fully saturated rings. The van der Waals surface area contributed by atoms with Crippen LogP contribution < -0.4 is 5.32 Å². The van der Waals surface area contributed by atoms with E-state index in [0.29, 0.717) is 15.7 Å². The quantitative estimate of drug-likeness (QED) is 0.360. The summed E-state index contributed by atoms with van der Waals surface area (Å²) in [7, 11) is 0. The normalized spacial score (nSPS) is 11.0. The van der Waals surface area contributed by atoms with Gasteiger partial charge in [0.2, 0.25) is 5.91 Å². The number of nitrogens with one attached hydrogen (secondary N) is 1. The number of rotatable bonds is 11. The average molecular weight is 429 g/mol. The maximum Gasteiger partial charge on any atom is 0.234 e. The van der Waals surface area contributed by atoms with Gasteiger partial charge in [-0.25, -0.2) is 0 Å². The minimum Gasteiger partial charge on any atom is -0.325 e. The van der Waals surface area contributed by atoms with Gasteiger partial charge in [-0.15, -0.1) is 10.2 Å². The average Bonchev–Trinajstić information content (AvgIpc) is 3.04. The molecule has 0 bridgehead atoms. The fourth-order valence-electron chi connectivity index (χ4n) is 2.72. The number of benzene rings is 1. The van der Waals surface area contributed by atoms with E-state index in [2.05, 4.69) is 33.9 Å². The third kappa shape index (κ3) is 7.01. The molecule has 1 heterocycles. The Morgan fingerprint density at radius 1 is 1.11 bits per heavy atom. The van der Waals surface area contributed by atoms with E-state index in [1.165, 1.54) is 37.4 Å². The molecule has 0 aliphatic rings. The summed E-state index contributed by atoms with van der Waals surface area (Å²) in [5, 5.41) is 13.1. The highest BCUT2D eigenvalue weighted by Gasteiger charge is 2.13. The second-order valence-corrected chi connectivity index (χ2v) is 8.03. The molecule has 0 aliphatic carbocycles. The van der Waals surface area contributed by atoms with Crippen LogP contribution in [0.3, 0.4) is 0 Å². The van der Waals surface area contributed by atoms with Gasteiger partial charge in [0.25, 0.3) is 0 Å². The van der Waals surface area contributed by atoms with Gasteiger partial charge in [0.05, 0.1) is 15.8 Å². The number of anilines is 1. The lowest BCUT2D eigenvalue weighted by molar-refractivity contribution is -0.113. The molecule has 27 heavy (non-hydrogen) atoms. The number of nitrogens with zero attached hydrogens (tertiary/aromatic N) is 3. The van der Waals surface area contributed by atoms with Gasteiger partial charge in [-0.2, -0.15) is 0 Å². The first-order valence-corrected chi connectivity index (χ1v) is 11.1. The van der Waals surface area contributed by atoms with E-state index in [1.807, 2.05) is 0 Å². The van der Waals surface area contributed by atoms with Gasteiger partial charge in [0, 0.05) is 18.7 Å². The maximum atomic E-state index is 12.2. The molecule has 0 radical (unpaired) electrons. The Kier molecular flexibility index (Phi) is 9.45. The predicted octanol–water partition coefficient (Wildman–Crippen LogP) is 5.85. The summed E-state index contributed by atoms with van der Waals surface area (Å²) < 4.78 is 2.09. The summed E-state index contributed by atoms with van der Waals surface area (Å²) in [6.07, 6.45) is 7.08. The minimum absolute atomic E-state index is 0.120. The Morgan fingerprint density at radius 3 is 2.59 bits per heavy atom. The number of carbonyl (C=O) groups excluding carboxylic acids is 1. The second-order valence-electron chi connectivity index (χ2n) is 6.27. The molecule has 1 aromatic heterocycles. The first-order valence-electron chi connectivity index (χ1n) is 9.34. The Labute approximate surface area is 175 Å². The Hall–Kier alpha value is -1.24. The fraction of sp³-hybridized carbons (Fsp3) is 0.526. The predicted molar refractivity (Wildman–Crippen MR) is 114 cm³/mol. The van der Waals surface area contributed by atoms with Crippen molar-refractivity contribution < 1.29 is 4.79 Å². The van der Waals surface area contributed by atoms with Gasteiger partial charge in [0.1, 0.15) is 5.82 Å². The topological polar surface area (TPSA) is 59.8 Å². The number of aromatic nitrogens is 3. The highest BCUT2D eigenvalue weighted by atomic mass is 35.5. The number of amides is 1. The number of carbonyl (C=O) groups is 1. The Morgan fingerprint density at radius 2 is 1.89 bits per heavy atom. The lowest BCUT2D eigenvalue weighted by Crippen LogP contribution is -2.14. The number of halogens is 2. The molecule has 0 spiro atoms. The first-order chi connectivity index (χ1) is 13.0. The van der Waals surface area contributed by atoms with Crippen LogP contribution in [0.15, 0.2) is 23.4 Å². The number of unbranched alkanes of at least 4 members (excludes halogenated alkanes) is 4. The molecular formula is C19H26Cl2N4OS. The lowest BCUT2D eigenvalue weighted by atomic mass is 10.1. The molecule has 1 aromatic carbocycles. The smallest absolute Gasteiger partial charge is 0.234 e. The van der Waals surface area contributed by atoms with Crippen molar-refractivity contribution in [3.8, 4) is 0 Å². The third-order valence-corrected chi connectivity index (χ3v) is 5.86. The zero-order valence-electron chi connectivity index (χ0n) is 15.8. The molecule has 0 unspecified atom stereocenters. The molecule has 2 aromatic rings. The van der Waals surface area contributed by atoms with Gasteiger partial charge >= 0.3 is 0 Å². The Balaban J connectivity index is 1.85. The molecule has 2 rings (SSSR count). The summed E-state index contributed by atoms with van der Waals surface area (Å²) in [5.74, 6) is 1.14. The van der Waals surface area contributed by atoms with E-state index in [0.717, 1.165) is 30.4 Å². The summed E-state index contributed by atoms with van der Waals surface area (Å²) in [4.78, 5) is 12.2. The minimum atomic E-state index is -0.120. The van der Waals surface area contributed by atoms with Crippen LogP contribution in [0.2, 0.25) is 10.0 Å². The van der Waals surface area contributed by atoms with Crippen LogP contribution in [0.25, 0.3) is 0 Å². The molecule has 1 N–H and O–H groups in total. The van der Waals surface area contributed by atoms with Gasteiger partial charge in [0.15, 0.2) is 5.16 Å². The van der Waals surface area contributed by atoms with E-state index in [9.17, 15) is 4.79 Å². The summed E-state index contributed by atoms with van der Waals surface area (Å²) in [5.41, 5.74) is 0.625. The van der Waals surface area contributed by atoms with Crippen molar-refractivity contribution in [2.45, 2.75) is 64.1 Å². The van der Waals surface area contributed by atoms with Crippen molar-refractivity contribution in [1.82, 2.24) is 14.8 Å². The molecule has 148 valence electrons. The molecule has 0 aliphatic heterocycles. The monoisotopic (exact) mass is 428 g/mol.